The largest absolute Gasteiger partial charge is 0.491 e. The third kappa shape index (κ3) is 6.58. The molecule has 1 fully saturated rings. The minimum absolute atomic E-state index is 0.150. The van der Waals surface area contributed by atoms with Crippen LogP contribution in [0.15, 0.2) is 48.5 Å². The Bertz CT molecular complexity index is 781. The molecule has 0 atom stereocenters. The lowest BCUT2D eigenvalue weighted by molar-refractivity contribution is 0.102. The standard InChI is InChI=1S/C24H33N3O2/c1-19-12-14-27(15-13-19)18-20-8-10-21(11-9-20)25-24(28)22-6-4-5-7-23(22)29-17-16-26(2)3/h4-11,19H,12-18H2,1-3H3,(H,25,28). The van der Waals surface area contributed by atoms with Gasteiger partial charge in [-0.05, 0) is 75.8 Å². The van der Waals surface area contributed by atoms with Gasteiger partial charge in [0.05, 0.1) is 5.56 Å². The van der Waals surface area contributed by atoms with Gasteiger partial charge in [-0.25, -0.2) is 0 Å². The van der Waals surface area contributed by atoms with Crippen molar-refractivity contribution >= 4 is 11.6 Å². The third-order valence-electron chi connectivity index (χ3n) is 5.42. The van der Waals surface area contributed by atoms with Gasteiger partial charge in [0, 0.05) is 18.8 Å². The Morgan fingerprint density at radius 1 is 1.10 bits per heavy atom. The molecular weight excluding hydrogens is 362 g/mol. The van der Waals surface area contributed by atoms with E-state index < -0.39 is 0 Å². The highest BCUT2D eigenvalue weighted by atomic mass is 16.5. The number of hydrogen-bond donors (Lipinski definition) is 1. The van der Waals surface area contributed by atoms with Gasteiger partial charge in [0.15, 0.2) is 0 Å². The fourth-order valence-corrected chi connectivity index (χ4v) is 3.49. The monoisotopic (exact) mass is 395 g/mol. The van der Waals surface area contributed by atoms with E-state index in [4.69, 9.17) is 4.74 Å². The molecule has 0 bridgehead atoms. The van der Waals surface area contributed by atoms with Crippen LogP contribution in [0.2, 0.25) is 0 Å². The zero-order chi connectivity index (χ0) is 20.6. The van der Waals surface area contributed by atoms with Crippen LogP contribution in [-0.4, -0.2) is 56.0 Å². The number of nitrogens with one attached hydrogen (secondary N) is 1. The molecule has 29 heavy (non-hydrogen) atoms. The summed E-state index contributed by atoms with van der Waals surface area (Å²) in [5.41, 5.74) is 2.64. The van der Waals surface area contributed by atoms with Gasteiger partial charge < -0.3 is 15.0 Å². The first-order chi connectivity index (χ1) is 14.0. The SMILES string of the molecule is CC1CCN(Cc2ccc(NC(=O)c3ccccc3OCCN(C)C)cc2)CC1. The van der Waals surface area contributed by atoms with E-state index in [0.29, 0.717) is 17.9 Å². The second-order valence-corrected chi connectivity index (χ2v) is 8.26. The van der Waals surface area contributed by atoms with Crippen LogP contribution in [0.5, 0.6) is 5.75 Å². The number of rotatable bonds is 8. The number of para-hydroxylation sites is 1. The van der Waals surface area contributed by atoms with Crippen LogP contribution in [0.3, 0.4) is 0 Å². The summed E-state index contributed by atoms with van der Waals surface area (Å²) in [6.45, 7) is 6.99. The Balaban J connectivity index is 1.57. The van der Waals surface area contributed by atoms with E-state index in [1.165, 1.54) is 31.5 Å². The third-order valence-corrected chi connectivity index (χ3v) is 5.42. The number of benzene rings is 2. The number of nitrogens with zero attached hydrogens (tertiary/aromatic N) is 2. The predicted octanol–water partition coefficient (Wildman–Crippen LogP) is 4.11. The summed E-state index contributed by atoms with van der Waals surface area (Å²) >= 11 is 0. The van der Waals surface area contributed by atoms with Crippen molar-refractivity contribution in [2.75, 3.05) is 45.7 Å². The van der Waals surface area contributed by atoms with Crippen molar-refractivity contribution in [3.05, 3.63) is 59.7 Å². The molecule has 1 N–H and O–H groups in total. The number of anilines is 1. The Morgan fingerprint density at radius 2 is 1.79 bits per heavy atom. The minimum atomic E-state index is -0.150. The van der Waals surface area contributed by atoms with E-state index in [0.717, 1.165) is 24.7 Å². The smallest absolute Gasteiger partial charge is 0.259 e. The summed E-state index contributed by atoms with van der Waals surface area (Å²) in [7, 11) is 3.99. The van der Waals surface area contributed by atoms with E-state index in [1.54, 1.807) is 6.07 Å². The van der Waals surface area contributed by atoms with E-state index in [9.17, 15) is 4.79 Å². The molecule has 0 aliphatic carbocycles. The summed E-state index contributed by atoms with van der Waals surface area (Å²) < 4.78 is 5.81. The first kappa shape index (κ1) is 21.3. The average molecular weight is 396 g/mol. The van der Waals surface area contributed by atoms with Crippen molar-refractivity contribution in [3.8, 4) is 5.75 Å². The Kier molecular flexibility index (Phi) is 7.67. The molecule has 2 aromatic rings. The van der Waals surface area contributed by atoms with Crippen LogP contribution in [-0.2, 0) is 6.54 Å². The maximum absolute atomic E-state index is 12.8. The lowest BCUT2D eigenvalue weighted by Crippen LogP contribution is -2.32. The highest BCUT2D eigenvalue weighted by molar-refractivity contribution is 6.06. The molecule has 5 nitrogen and oxygen atoms in total. The summed E-state index contributed by atoms with van der Waals surface area (Å²) in [5.74, 6) is 1.31. The van der Waals surface area contributed by atoms with Gasteiger partial charge in [-0.3, -0.25) is 9.69 Å². The first-order valence-electron chi connectivity index (χ1n) is 10.5. The second kappa shape index (κ2) is 10.4. The maximum atomic E-state index is 12.8. The number of ether oxygens (including phenoxy) is 1. The highest BCUT2D eigenvalue weighted by Gasteiger charge is 2.16. The molecule has 0 unspecified atom stereocenters. The molecule has 1 amide bonds. The first-order valence-corrected chi connectivity index (χ1v) is 10.5. The molecule has 0 spiro atoms. The van der Waals surface area contributed by atoms with E-state index in [2.05, 4.69) is 34.2 Å². The van der Waals surface area contributed by atoms with Gasteiger partial charge in [-0.15, -0.1) is 0 Å². The topological polar surface area (TPSA) is 44.8 Å². The van der Waals surface area contributed by atoms with Gasteiger partial charge in [-0.1, -0.05) is 31.2 Å². The molecule has 0 aromatic heterocycles. The fraction of sp³-hybridized carbons (Fsp3) is 0.458. The molecule has 1 aliphatic rings. The molecule has 3 rings (SSSR count). The van der Waals surface area contributed by atoms with Gasteiger partial charge in [0.25, 0.3) is 5.91 Å². The van der Waals surface area contributed by atoms with Crippen molar-refractivity contribution in [1.29, 1.82) is 0 Å². The Hall–Kier alpha value is -2.37. The van der Waals surface area contributed by atoms with Crippen LogP contribution in [0.1, 0.15) is 35.7 Å². The number of amides is 1. The van der Waals surface area contributed by atoms with Crippen molar-refractivity contribution < 1.29 is 9.53 Å². The average Bonchev–Trinajstić information content (AvgIpc) is 2.71. The molecule has 2 aromatic carbocycles. The summed E-state index contributed by atoms with van der Waals surface area (Å²) in [6.07, 6.45) is 2.56. The normalized spacial score (nSPS) is 15.4. The quantitative estimate of drug-likeness (QED) is 0.731. The number of hydrogen-bond acceptors (Lipinski definition) is 4. The van der Waals surface area contributed by atoms with Gasteiger partial charge >= 0.3 is 0 Å². The van der Waals surface area contributed by atoms with Crippen LogP contribution >= 0.6 is 0 Å². The maximum Gasteiger partial charge on any atom is 0.259 e. The molecule has 1 heterocycles. The number of carbonyl (C=O) groups is 1. The van der Waals surface area contributed by atoms with E-state index in [1.807, 2.05) is 44.4 Å². The lowest BCUT2D eigenvalue weighted by atomic mass is 9.99. The zero-order valence-corrected chi connectivity index (χ0v) is 17.9. The van der Waals surface area contributed by atoms with Crippen LogP contribution < -0.4 is 10.1 Å². The molecule has 156 valence electrons. The molecule has 0 radical (unpaired) electrons. The van der Waals surface area contributed by atoms with E-state index >= 15 is 0 Å². The minimum Gasteiger partial charge on any atom is -0.491 e. The van der Waals surface area contributed by atoms with Crippen LogP contribution in [0.25, 0.3) is 0 Å². The van der Waals surface area contributed by atoms with Crippen molar-refractivity contribution in [1.82, 2.24) is 9.80 Å². The zero-order valence-electron chi connectivity index (χ0n) is 17.9. The van der Waals surface area contributed by atoms with Crippen molar-refractivity contribution in [2.24, 2.45) is 5.92 Å². The Labute approximate surface area is 174 Å². The fourth-order valence-electron chi connectivity index (χ4n) is 3.49. The predicted molar refractivity (Wildman–Crippen MR) is 119 cm³/mol. The van der Waals surface area contributed by atoms with Crippen molar-refractivity contribution in [2.45, 2.75) is 26.3 Å². The number of likely N-dealkylation sites (N-methyl/N-ethyl adjacent to an activating group) is 1. The summed E-state index contributed by atoms with van der Waals surface area (Å²) in [5, 5.41) is 2.99. The number of piperidine rings is 1. The molecular formula is C24H33N3O2. The van der Waals surface area contributed by atoms with Gasteiger partial charge in [-0.2, -0.15) is 0 Å². The van der Waals surface area contributed by atoms with Crippen LogP contribution in [0.4, 0.5) is 5.69 Å². The highest BCUT2D eigenvalue weighted by Crippen LogP contribution is 2.21. The molecule has 1 aliphatic heterocycles. The van der Waals surface area contributed by atoms with Crippen LogP contribution in [0, 0.1) is 5.92 Å². The Morgan fingerprint density at radius 3 is 2.48 bits per heavy atom. The lowest BCUT2D eigenvalue weighted by Gasteiger charge is -2.30. The molecule has 1 saturated heterocycles. The van der Waals surface area contributed by atoms with Crippen molar-refractivity contribution in [3.63, 3.8) is 0 Å². The number of likely N-dealkylation sites (tertiary alicyclic amines) is 1. The van der Waals surface area contributed by atoms with E-state index in [-0.39, 0.29) is 5.91 Å². The summed E-state index contributed by atoms with van der Waals surface area (Å²) in [6, 6.07) is 15.6. The molecule has 5 heteroatoms. The summed E-state index contributed by atoms with van der Waals surface area (Å²) in [4.78, 5) is 17.3. The number of carbonyl (C=O) groups excluding carboxylic acids is 1. The van der Waals surface area contributed by atoms with Gasteiger partial charge in [0.1, 0.15) is 12.4 Å². The van der Waals surface area contributed by atoms with Gasteiger partial charge in [0.2, 0.25) is 0 Å². The molecule has 0 saturated carbocycles. The second-order valence-electron chi connectivity index (χ2n) is 8.26.